The van der Waals surface area contributed by atoms with Crippen molar-refractivity contribution in [1.82, 2.24) is 10.6 Å². The molecule has 0 atom stereocenters. The molecule has 0 bridgehead atoms. The molecule has 1 aromatic carbocycles. The second-order valence-corrected chi connectivity index (χ2v) is 3.82. The number of carbonyl (C=O) groups is 3. The second kappa shape index (κ2) is 8.36. The molecule has 0 heterocycles. The predicted molar refractivity (Wildman–Crippen MR) is 75.0 cm³/mol. The summed E-state index contributed by atoms with van der Waals surface area (Å²) < 4.78 is 9.81. The van der Waals surface area contributed by atoms with E-state index in [9.17, 15) is 14.4 Å². The minimum Gasteiger partial charge on any atom is -0.496 e. The normalized spacial score (nSPS) is 9.38. The van der Waals surface area contributed by atoms with Gasteiger partial charge >= 0.3 is 12.0 Å². The van der Waals surface area contributed by atoms with Crippen LogP contribution in [0.5, 0.6) is 5.75 Å². The third-order valence-corrected chi connectivity index (χ3v) is 2.32. The van der Waals surface area contributed by atoms with Crippen molar-refractivity contribution < 1.29 is 23.9 Å². The summed E-state index contributed by atoms with van der Waals surface area (Å²) in [5, 5.41) is 4.36. The molecule has 0 fully saturated rings. The van der Waals surface area contributed by atoms with Gasteiger partial charge in [-0.3, -0.25) is 10.1 Å². The van der Waals surface area contributed by atoms with Crippen LogP contribution in [-0.2, 0) is 9.53 Å². The molecule has 0 aliphatic rings. The summed E-state index contributed by atoms with van der Waals surface area (Å²) in [5.74, 6) is -1.11. The Labute approximate surface area is 121 Å². The lowest BCUT2D eigenvalue weighted by molar-refractivity contribution is -0.123. The molecule has 0 saturated heterocycles. The number of urea groups is 1. The fraction of sp³-hybridized carbons (Fsp3) is 0.214. The first-order valence-electron chi connectivity index (χ1n) is 6.07. The Morgan fingerprint density at radius 2 is 2.00 bits per heavy atom. The van der Waals surface area contributed by atoms with E-state index in [0.717, 1.165) is 0 Å². The van der Waals surface area contributed by atoms with E-state index >= 15 is 0 Å². The van der Waals surface area contributed by atoms with Crippen LogP contribution in [0.15, 0.2) is 36.9 Å². The molecule has 7 heteroatoms. The van der Waals surface area contributed by atoms with Crippen LogP contribution < -0.4 is 15.4 Å². The van der Waals surface area contributed by atoms with Crippen molar-refractivity contribution in [2.45, 2.75) is 0 Å². The molecule has 0 saturated carbocycles. The number of nitrogens with one attached hydrogen (secondary N) is 2. The van der Waals surface area contributed by atoms with Gasteiger partial charge in [-0.05, 0) is 12.1 Å². The molecule has 2 N–H and O–H groups in total. The zero-order valence-corrected chi connectivity index (χ0v) is 11.5. The lowest BCUT2D eigenvalue weighted by atomic mass is 10.2. The van der Waals surface area contributed by atoms with Crippen LogP contribution in [0.25, 0.3) is 0 Å². The van der Waals surface area contributed by atoms with Crippen LogP contribution >= 0.6 is 0 Å². The Morgan fingerprint density at radius 3 is 2.67 bits per heavy atom. The summed E-state index contributed by atoms with van der Waals surface area (Å²) in [6.07, 6.45) is 1.46. The van der Waals surface area contributed by atoms with Gasteiger partial charge in [0.1, 0.15) is 11.3 Å². The second-order valence-electron chi connectivity index (χ2n) is 3.82. The van der Waals surface area contributed by atoms with E-state index in [-0.39, 0.29) is 12.1 Å². The van der Waals surface area contributed by atoms with Gasteiger partial charge in [-0.25, -0.2) is 9.59 Å². The van der Waals surface area contributed by atoms with Crippen molar-refractivity contribution in [2.24, 2.45) is 0 Å². The van der Waals surface area contributed by atoms with E-state index in [1.165, 1.54) is 19.3 Å². The highest BCUT2D eigenvalue weighted by Gasteiger charge is 2.15. The fourth-order valence-electron chi connectivity index (χ4n) is 1.39. The zero-order valence-electron chi connectivity index (χ0n) is 11.5. The Morgan fingerprint density at radius 1 is 1.29 bits per heavy atom. The molecule has 0 aliphatic carbocycles. The van der Waals surface area contributed by atoms with Crippen molar-refractivity contribution in [2.75, 3.05) is 20.3 Å². The van der Waals surface area contributed by atoms with Crippen LogP contribution in [0.3, 0.4) is 0 Å². The van der Waals surface area contributed by atoms with E-state index < -0.39 is 24.5 Å². The van der Waals surface area contributed by atoms with Crippen molar-refractivity contribution in [3.05, 3.63) is 42.5 Å². The van der Waals surface area contributed by atoms with Crippen LogP contribution in [0.4, 0.5) is 4.79 Å². The molecular weight excluding hydrogens is 276 g/mol. The van der Waals surface area contributed by atoms with Crippen molar-refractivity contribution in [3.63, 3.8) is 0 Å². The van der Waals surface area contributed by atoms with Crippen LogP contribution in [0.2, 0.25) is 0 Å². The van der Waals surface area contributed by atoms with Gasteiger partial charge in [0.15, 0.2) is 6.61 Å². The van der Waals surface area contributed by atoms with E-state index in [4.69, 9.17) is 9.47 Å². The first-order chi connectivity index (χ1) is 10.1. The summed E-state index contributed by atoms with van der Waals surface area (Å²) in [6, 6.07) is 5.76. The summed E-state index contributed by atoms with van der Waals surface area (Å²) in [6.45, 7) is 3.06. The number of benzene rings is 1. The third kappa shape index (κ3) is 5.35. The predicted octanol–water partition coefficient (Wildman–Crippen LogP) is 0.864. The van der Waals surface area contributed by atoms with Gasteiger partial charge in [0.05, 0.1) is 7.11 Å². The monoisotopic (exact) mass is 292 g/mol. The Balaban J connectivity index is 2.47. The average Bonchev–Trinajstić information content (AvgIpc) is 2.50. The van der Waals surface area contributed by atoms with Gasteiger partial charge in [0, 0.05) is 6.54 Å². The topological polar surface area (TPSA) is 93.7 Å². The number of hydrogen-bond donors (Lipinski definition) is 2. The van der Waals surface area contributed by atoms with Crippen LogP contribution in [0.1, 0.15) is 10.4 Å². The summed E-state index contributed by atoms with van der Waals surface area (Å²) >= 11 is 0. The molecule has 0 aromatic heterocycles. The van der Waals surface area contributed by atoms with Gasteiger partial charge in [-0.15, -0.1) is 6.58 Å². The molecule has 0 spiro atoms. The lowest BCUT2D eigenvalue weighted by Crippen LogP contribution is -2.41. The van der Waals surface area contributed by atoms with Gasteiger partial charge in [-0.2, -0.15) is 0 Å². The molecule has 0 unspecified atom stereocenters. The molecule has 1 aromatic rings. The number of methoxy groups -OCH3 is 1. The molecule has 7 nitrogen and oxygen atoms in total. The van der Waals surface area contributed by atoms with Crippen molar-refractivity contribution in [1.29, 1.82) is 0 Å². The fourth-order valence-corrected chi connectivity index (χ4v) is 1.39. The molecular formula is C14H16N2O5. The van der Waals surface area contributed by atoms with Gasteiger partial charge in [-0.1, -0.05) is 18.2 Å². The quantitative estimate of drug-likeness (QED) is 0.599. The Bertz CT molecular complexity index is 542. The molecule has 112 valence electrons. The molecule has 0 radical (unpaired) electrons. The third-order valence-electron chi connectivity index (χ3n) is 2.32. The molecule has 21 heavy (non-hydrogen) atoms. The van der Waals surface area contributed by atoms with E-state index in [2.05, 4.69) is 11.9 Å². The summed E-state index contributed by atoms with van der Waals surface area (Å²) in [4.78, 5) is 34.4. The number of para-hydroxylation sites is 1. The van der Waals surface area contributed by atoms with Gasteiger partial charge < -0.3 is 14.8 Å². The van der Waals surface area contributed by atoms with Crippen molar-refractivity contribution >= 4 is 17.9 Å². The number of imide groups is 1. The minimum absolute atomic E-state index is 0.198. The maximum absolute atomic E-state index is 11.8. The number of esters is 1. The number of hydrogen-bond acceptors (Lipinski definition) is 5. The highest BCUT2D eigenvalue weighted by atomic mass is 16.5. The molecule has 0 aliphatic heterocycles. The number of rotatable bonds is 6. The lowest BCUT2D eigenvalue weighted by Gasteiger charge is -2.08. The number of amides is 3. The summed E-state index contributed by atoms with van der Waals surface area (Å²) in [5.41, 5.74) is 0.198. The summed E-state index contributed by atoms with van der Waals surface area (Å²) in [7, 11) is 1.42. The first-order valence-corrected chi connectivity index (χ1v) is 6.07. The van der Waals surface area contributed by atoms with E-state index in [0.29, 0.717) is 5.75 Å². The first kappa shape index (κ1) is 16.2. The maximum atomic E-state index is 11.8. The largest absolute Gasteiger partial charge is 0.496 e. The molecule has 1 rings (SSSR count). The average molecular weight is 292 g/mol. The number of carbonyl (C=O) groups excluding carboxylic acids is 3. The Hall–Kier alpha value is -2.83. The minimum atomic E-state index is -0.736. The van der Waals surface area contributed by atoms with Gasteiger partial charge in [0.2, 0.25) is 0 Å². The molecule has 3 amide bonds. The standard InChI is InChI=1S/C14H16N2O5/c1-3-8-15-14(19)16-12(17)9-21-13(18)10-6-4-5-7-11(10)20-2/h3-7H,1,8-9H2,2H3,(H2,15,16,17,19). The van der Waals surface area contributed by atoms with Gasteiger partial charge in [0.25, 0.3) is 5.91 Å². The van der Waals surface area contributed by atoms with E-state index in [1.807, 2.05) is 5.32 Å². The van der Waals surface area contributed by atoms with Crippen LogP contribution in [0, 0.1) is 0 Å². The smallest absolute Gasteiger partial charge is 0.342 e. The van der Waals surface area contributed by atoms with E-state index in [1.54, 1.807) is 18.2 Å². The highest BCUT2D eigenvalue weighted by molar-refractivity contribution is 5.97. The zero-order chi connectivity index (χ0) is 15.7. The van der Waals surface area contributed by atoms with Crippen molar-refractivity contribution in [3.8, 4) is 5.75 Å². The Kier molecular flexibility index (Phi) is 6.46. The van der Waals surface area contributed by atoms with Crippen LogP contribution in [-0.4, -0.2) is 38.2 Å². The maximum Gasteiger partial charge on any atom is 0.342 e. The number of ether oxygens (including phenoxy) is 2. The highest BCUT2D eigenvalue weighted by Crippen LogP contribution is 2.17. The SMILES string of the molecule is C=CCNC(=O)NC(=O)COC(=O)c1ccccc1OC.